The van der Waals surface area contributed by atoms with Gasteiger partial charge in [-0.3, -0.25) is 9.59 Å². The first kappa shape index (κ1) is 17.8. The molecule has 0 bridgehead atoms. The summed E-state index contributed by atoms with van der Waals surface area (Å²) in [6, 6.07) is 12.1. The third kappa shape index (κ3) is 3.92. The maximum absolute atomic E-state index is 12.5. The van der Waals surface area contributed by atoms with Gasteiger partial charge in [0.1, 0.15) is 6.26 Å². The molecule has 2 aliphatic heterocycles. The number of piperidine rings is 1. The van der Waals surface area contributed by atoms with Crippen LogP contribution in [0.1, 0.15) is 41.6 Å². The fourth-order valence-corrected chi connectivity index (χ4v) is 4.39. The topological polar surface area (TPSA) is 53.8 Å². The lowest BCUT2D eigenvalue weighted by Crippen LogP contribution is -2.44. The minimum atomic E-state index is 0.0302. The highest BCUT2D eigenvalue weighted by Crippen LogP contribution is 2.41. The minimum absolute atomic E-state index is 0.0302. The summed E-state index contributed by atoms with van der Waals surface area (Å²) in [6.45, 7) is 3.10. The second-order valence-electron chi connectivity index (χ2n) is 7.89. The molecule has 0 radical (unpaired) electrons. The molecule has 2 saturated heterocycles. The SMILES string of the molecule is O=C1CC2(CCN(C(=O)c3ccoc3)CC2)CN1CCCc1ccccc1. The Morgan fingerprint density at radius 3 is 2.59 bits per heavy atom. The average molecular weight is 366 g/mol. The molecule has 4 rings (SSSR count). The molecule has 1 spiro atoms. The summed E-state index contributed by atoms with van der Waals surface area (Å²) in [4.78, 5) is 28.9. The van der Waals surface area contributed by atoms with Gasteiger partial charge in [-0.1, -0.05) is 30.3 Å². The van der Waals surface area contributed by atoms with Gasteiger partial charge in [-0.05, 0) is 37.3 Å². The van der Waals surface area contributed by atoms with Crippen LogP contribution in [0.3, 0.4) is 0 Å². The lowest BCUT2D eigenvalue weighted by atomic mass is 9.77. The molecule has 142 valence electrons. The number of carbonyl (C=O) groups is 2. The monoisotopic (exact) mass is 366 g/mol. The van der Waals surface area contributed by atoms with Crippen molar-refractivity contribution < 1.29 is 14.0 Å². The molecule has 27 heavy (non-hydrogen) atoms. The van der Waals surface area contributed by atoms with Crippen LogP contribution in [0, 0.1) is 5.41 Å². The molecule has 5 nitrogen and oxygen atoms in total. The molecule has 2 aliphatic rings. The first-order chi connectivity index (χ1) is 13.2. The summed E-state index contributed by atoms with van der Waals surface area (Å²) in [5.74, 6) is 0.306. The van der Waals surface area contributed by atoms with Crippen LogP contribution in [0.5, 0.6) is 0 Å². The van der Waals surface area contributed by atoms with Crippen molar-refractivity contribution in [3.8, 4) is 0 Å². The van der Waals surface area contributed by atoms with Crippen molar-refractivity contribution in [2.24, 2.45) is 5.41 Å². The Labute approximate surface area is 159 Å². The quantitative estimate of drug-likeness (QED) is 0.815. The molecule has 1 aromatic heterocycles. The van der Waals surface area contributed by atoms with E-state index in [9.17, 15) is 9.59 Å². The molecular weight excluding hydrogens is 340 g/mol. The number of furan rings is 1. The number of nitrogens with zero attached hydrogens (tertiary/aromatic N) is 2. The first-order valence-corrected chi connectivity index (χ1v) is 9.78. The normalized spacial score (nSPS) is 19.0. The van der Waals surface area contributed by atoms with Gasteiger partial charge in [0.2, 0.25) is 5.91 Å². The Kier molecular flexibility index (Phi) is 5.01. The van der Waals surface area contributed by atoms with Crippen molar-refractivity contribution in [1.82, 2.24) is 9.80 Å². The smallest absolute Gasteiger partial charge is 0.257 e. The molecule has 0 N–H and O–H groups in total. The highest BCUT2D eigenvalue weighted by molar-refractivity contribution is 5.93. The van der Waals surface area contributed by atoms with Gasteiger partial charge in [-0.2, -0.15) is 0 Å². The van der Waals surface area contributed by atoms with E-state index in [1.165, 1.54) is 18.1 Å². The van der Waals surface area contributed by atoms with E-state index in [4.69, 9.17) is 4.42 Å². The van der Waals surface area contributed by atoms with E-state index < -0.39 is 0 Å². The van der Waals surface area contributed by atoms with E-state index in [2.05, 4.69) is 24.3 Å². The van der Waals surface area contributed by atoms with E-state index in [-0.39, 0.29) is 17.2 Å². The zero-order valence-corrected chi connectivity index (χ0v) is 15.6. The largest absolute Gasteiger partial charge is 0.472 e. The van der Waals surface area contributed by atoms with Gasteiger partial charge in [0.15, 0.2) is 0 Å². The number of carbonyl (C=O) groups excluding carboxylic acids is 2. The van der Waals surface area contributed by atoms with Gasteiger partial charge in [-0.15, -0.1) is 0 Å². The van der Waals surface area contributed by atoms with Crippen LogP contribution in [0.4, 0.5) is 0 Å². The average Bonchev–Trinajstić information content (AvgIpc) is 3.32. The Hall–Kier alpha value is -2.56. The standard InChI is InChI=1S/C22H26N2O3/c25-20-15-22(17-24(20)11-4-7-18-5-2-1-3-6-18)9-12-23(13-10-22)21(26)19-8-14-27-16-19/h1-3,5-6,8,14,16H,4,7,9-13,15,17H2. The fourth-order valence-electron chi connectivity index (χ4n) is 4.39. The summed E-state index contributed by atoms with van der Waals surface area (Å²) in [7, 11) is 0. The van der Waals surface area contributed by atoms with Crippen molar-refractivity contribution in [3.05, 3.63) is 60.1 Å². The van der Waals surface area contributed by atoms with Gasteiger partial charge in [0.25, 0.3) is 5.91 Å². The maximum atomic E-state index is 12.5. The number of aryl methyl sites for hydroxylation is 1. The summed E-state index contributed by atoms with van der Waals surface area (Å²) >= 11 is 0. The maximum Gasteiger partial charge on any atom is 0.257 e. The van der Waals surface area contributed by atoms with Crippen LogP contribution in [-0.2, 0) is 11.2 Å². The number of amides is 2. The Morgan fingerprint density at radius 1 is 1.11 bits per heavy atom. The molecule has 2 aromatic rings. The second-order valence-corrected chi connectivity index (χ2v) is 7.89. The molecule has 0 unspecified atom stereocenters. The predicted molar refractivity (Wildman–Crippen MR) is 102 cm³/mol. The Bertz CT molecular complexity index is 777. The van der Waals surface area contributed by atoms with Crippen molar-refractivity contribution in [1.29, 1.82) is 0 Å². The van der Waals surface area contributed by atoms with Crippen LogP contribution in [0.2, 0.25) is 0 Å². The zero-order valence-electron chi connectivity index (χ0n) is 15.6. The minimum Gasteiger partial charge on any atom is -0.472 e. The summed E-state index contributed by atoms with van der Waals surface area (Å²) in [5, 5.41) is 0. The fraction of sp³-hybridized carbons (Fsp3) is 0.455. The van der Waals surface area contributed by atoms with Crippen molar-refractivity contribution in [3.63, 3.8) is 0 Å². The number of hydrogen-bond acceptors (Lipinski definition) is 3. The first-order valence-electron chi connectivity index (χ1n) is 9.78. The molecule has 0 atom stereocenters. The summed E-state index contributed by atoms with van der Waals surface area (Å²) in [6.07, 6.45) is 7.46. The molecule has 2 amide bonds. The Balaban J connectivity index is 1.28. The number of benzene rings is 1. The molecule has 5 heteroatoms. The van der Waals surface area contributed by atoms with Crippen LogP contribution in [-0.4, -0.2) is 47.8 Å². The van der Waals surface area contributed by atoms with Gasteiger partial charge in [0.05, 0.1) is 11.8 Å². The zero-order chi connectivity index (χ0) is 18.7. The van der Waals surface area contributed by atoms with Gasteiger partial charge in [0, 0.05) is 38.0 Å². The van der Waals surface area contributed by atoms with E-state index >= 15 is 0 Å². The van der Waals surface area contributed by atoms with Crippen molar-refractivity contribution in [2.45, 2.75) is 32.1 Å². The number of rotatable bonds is 5. The van der Waals surface area contributed by atoms with Crippen LogP contribution >= 0.6 is 0 Å². The van der Waals surface area contributed by atoms with E-state index in [1.807, 2.05) is 15.9 Å². The summed E-state index contributed by atoms with van der Waals surface area (Å²) in [5.41, 5.74) is 1.98. The van der Waals surface area contributed by atoms with E-state index in [0.717, 1.165) is 51.9 Å². The summed E-state index contributed by atoms with van der Waals surface area (Å²) < 4.78 is 5.02. The van der Waals surface area contributed by atoms with Crippen molar-refractivity contribution >= 4 is 11.8 Å². The van der Waals surface area contributed by atoms with Crippen molar-refractivity contribution in [2.75, 3.05) is 26.2 Å². The molecule has 3 heterocycles. The van der Waals surface area contributed by atoms with Gasteiger partial charge in [-0.25, -0.2) is 0 Å². The van der Waals surface area contributed by atoms with Crippen LogP contribution in [0.25, 0.3) is 0 Å². The van der Waals surface area contributed by atoms with Gasteiger partial charge >= 0.3 is 0 Å². The lowest BCUT2D eigenvalue weighted by Gasteiger charge is -2.38. The van der Waals surface area contributed by atoms with Crippen LogP contribution < -0.4 is 0 Å². The number of hydrogen-bond donors (Lipinski definition) is 0. The molecule has 0 aliphatic carbocycles. The predicted octanol–water partition coefficient (Wildman–Crippen LogP) is 3.37. The highest BCUT2D eigenvalue weighted by Gasteiger charge is 2.45. The molecule has 1 aromatic carbocycles. The second kappa shape index (κ2) is 7.59. The highest BCUT2D eigenvalue weighted by atomic mass is 16.3. The van der Waals surface area contributed by atoms with Crippen LogP contribution in [0.15, 0.2) is 53.3 Å². The lowest BCUT2D eigenvalue weighted by molar-refractivity contribution is -0.127. The third-order valence-corrected chi connectivity index (χ3v) is 6.02. The van der Waals surface area contributed by atoms with E-state index in [1.54, 1.807) is 6.07 Å². The molecule has 2 fully saturated rings. The molecule has 0 saturated carbocycles. The third-order valence-electron chi connectivity index (χ3n) is 6.02. The number of likely N-dealkylation sites (tertiary alicyclic amines) is 2. The van der Waals surface area contributed by atoms with Gasteiger partial charge < -0.3 is 14.2 Å². The van der Waals surface area contributed by atoms with E-state index in [0.29, 0.717) is 12.0 Å². The Morgan fingerprint density at radius 2 is 1.89 bits per heavy atom. The molecular formula is C22H26N2O3.